The molecule has 1 fully saturated rings. The molecule has 1 aromatic heterocycles. The molecule has 2 N–H and O–H groups in total. The first-order valence-corrected chi connectivity index (χ1v) is 14.8. The number of benzene rings is 2. The van der Waals surface area contributed by atoms with Crippen LogP contribution in [0.1, 0.15) is 55.2 Å². The minimum absolute atomic E-state index is 0.0725. The molecule has 2 aliphatic rings. The third-order valence-corrected chi connectivity index (χ3v) is 8.37. The molecule has 0 aliphatic carbocycles. The second-order valence-electron chi connectivity index (χ2n) is 10.7. The van der Waals surface area contributed by atoms with Gasteiger partial charge in [0.05, 0.1) is 35.3 Å². The van der Waals surface area contributed by atoms with Gasteiger partial charge in [-0.05, 0) is 99.1 Å². The minimum Gasteiger partial charge on any atom is -0.366 e. The lowest BCUT2D eigenvalue weighted by Crippen LogP contribution is -2.42. The van der Waals surface area contributed by atoms with Gasteiger partial charge in [-0.3, -0.25) is 9.71 Å². The standard InChI is InChI=1S/C29H33N5O2S2/c1-18-15-21(11-12-23(18)32-38(6,35)36)34-27(26(31-28(34)37)24-9-7-8-14-30-24)20-10-13-25-22(16-20)19(2)17-29(3,4)33(25)5/h7-17,26-27,32H,1-6H3,(H,31,37)/t26-,27-/m0/s1. The Balaban J connectivity index is 1.63. The Labute approximate surface area is 230 Å². The molecule has 0 spiro atoms. The second-order valence-corrected chi connectivity index (χ2v) is 12.8. The topological polar surface area (TPSA) is 77.6 Å². The van der Waals surface area contributed by atoms with Crippen LogP contribution in [0.4, 0.5) is 17.1 Å². The summed E-state index contributed by atoms with van der Waals surface area (Å²) in [6.07, 6.45) is 5.26. The fourth-order valence-corrected chi connectivity index (χ4v) is 6.42. The molecule has 7 nitrogen and oxygen atoms in total. The van der Waals surface area contributed by atoms with Crippen LogP contribution in [0.2, 0.25) is 0 Å². The fourth-order valence-electron chi connectivity index (χ4n) is 5.44. The van der Waals surface area contributed by atoms with Crippen molar-refractivity contribution in [3.05, 3.63) is 89.3 Å². The Morgan fingerprint density at radius 1 is 1.08 bits per heavy atom. The molecule has 3 heterocycles. The largest absolute Gasteiger partial charge is 0.366 e. The number of anilines is 3. The van der Waals surface area contributed by atoms with Crippen molar-refractivity contribution in [1.29, 1.82) is 0 Å². The van der Waals surface area contributed by atoms with E-state index < -0.39 is 10.0 Å². The highest BCUT2D eigenvalue weighted by Gasteiger charge is 2.41. The zero-order valence-corrected chi connectivity index (χ0v) is 24.1. The van der Waals surface area contributed by atoms with E-state index in [1.807, 2.05) is 37.3 Å². The predicted molar refractivity (Wildman–Crippen MR) is 160 cm³/mol. The van der Waals surface area contributed by atoms with Gasteiger partial charge in [-0.15, -0.1) is 0 Å². The van der Waals surface area contributed by atoms with Crippen LogP contribution in [0.5, 0.6) is 0 Å². The molecule has 5 rings (SSSR count). The van der Waals surface area contributed by atoms with Gasteiger partial charge >= 0.3 is 0 Å². The monoisotopic (exact) mass is 547 g/mol. The van der Waals surface area contributed by atoms with Crippen LogP contribution >= 0.6 is 12.2 Å². The van der Waals surface area contributed by atoms with E-state index in [4.69, 9.17) is 12.2 Å². The van der Waals surface area contributed by atoms with Gasteiger partial charge in [-0.2, -0.15) is 0 Å². The van der Waals surface area contributed by atoms with E-state index in [-0.39, 0.29) is 17.6 Å². The Morgan fingerprint density at radius 2 is 1.84 bits per heavy atom. The van der Waals surface area contributed by atoms with Gasteiger partial charge in [0.25, 0.3) is 0 Å². The molecule has 9 heteroatoms. The van der Waals surface area contributed by atoms with Gasteiger partial charge in [0, 0.05) is 30.2 Å². The molecule has 38 heavy (non-hydrogen) atoms. The van der Waals surface area contributed by atoms with E-state index in [0.29, 0.717) is 10.8 Å². The number of fused-ring (bicyclic) bond motifs is 1. The molecule has 2 aromatic carbocycles. The number of nitrogens with zero attached hydrogens (tertiary/aromatic N) is 3. The van der Waals surface area contributed by atoms with E-state index >= 15 is 0 Å². The molecule has 0 unspecified atom stereocenters. The van der Waals surface area contributed by atoms with E-state index in [2.05, 4.69) is 76.9 Å². The molecule has 2 aliphatic heterocycles. The average molecular weight is 548 g/mol. The maximum absolute atomic E-state index is 11.8. The quantitative estimate of drug-likeness (QED) is 0.405. The molecule has 0 bridgehead atoms. The zero-order chi connectivity index (χ0) is 27.4. The van der Waals surface area contributed by atoms with Crippen LogP contribution in [0.3, 0.4) is 0 Å². The lowest BCUT2D eigenvalue weighted by Gasteiger charge is -2.41. The number of likely N-dealkylation sites (N-methyl/N-ethyl adjacent to an activating group) is 1. The first-order chi connectivity index (χ1) is 17.9. The molecule has 0 saturated carbocycles. The number of rotatable bonds is 5. The summed E-state index contributed by atoms with van der Waals surface area (Å²) >= 11 is 5.89. The summed E-state index contributed by atoms with van der Waals surface area (Å²) in [4.78, 5) is 9.08. The number of hydrogen-bond acceptors (Lipinski definition) is 5. The van der Waals surface area contributed by atoms with E-state index in [9.17, 15) is 8.42 Å². The van der Waals surface area contributed by atoms with Crippen molar-refractivity contribution in [1.82, 2.24) is 10.3 Å². The fraction of sp³-hybridized carbons (Fsp3) is 0.310. The number of aryl methyl sites for hydroxylation is 1. The van der Waals surface area contributed by atoms with Crippen LogP contribution in [-0.2, 0) is 10.0 Å². The average Bonchev–Trinajstić information content (AvgIpc) is 3.20. The van der Waals surface area contributed by atoms with Gasteiger partial charge in [0.2, 0.25) is 10.0 Å². The number of allylic oxidation sites excluding steroid dienone is 1. The first kappa shape index (κ1) is 26.2. The van der Waals surface area contributed by atoms with Crippen LogP contribution in [-0.4, -0.2) is 37.4 Å². The van der Waals surface area contributed by atoms with Gasteiger partial charge in [0.1, 0.15) is 0 Å². The predicted octanol–water partition coefficient (Wildman–Crippen LogP) is 5.57. The zero-order valence-electron chi connectivity index (χ0n) is 22.5. The Morgan fingerprint density at radius 3 is 2.50 bits per heavy atom. The van der Waals surface area contributed by atoms with Crippen molar-refractivity contribution in [2.75, 3.05) is 27.8 Å². The summed E-state index contributed by atoms with van der Waals surface area (Å²) in [5.74, 6) is 0. The highest BCUT2D eigenvalue weighted by molar-refractivity contribution is 7.92. The van der Waals surface area contributed by atoms with Crippen molar-refractivity contribution < 1.29 is 8.42 Å². The second kappa shape index (κ2) is 9.39. The molecular weight excluding hydrogens is 514 g/mol. The summed E-state index contributed by atoms with van der Waals surface area (Å²) in [5, 5.41) is 4.11. The van der Waals surface area contributed by atoms with Crippen molar-refractivity contribution in [3.63, 3.8) is 0 Å². The van der Waals surface area contributed by atoms with Crippen LogP contribution in [0.15, 0.2) is 66.9 Å². The summed E-state index contributed by atoms with van der Waals surface area (Å²) in [5.41, 5.74) is 7.82. The first-order valence-electron chi connectivity index (χ1n) is 12.5. The maximum Gasteiger partial charge on any atom is 0.229 e. The number of nitrogens with one attached hydrogen (secondary N) is 2. The number of hydrogen-bond donors (Lipinski definition) is 2. The molecular formula is C29H33N5O2S2. The summed E-state index contributed by atoms with van der Waals surface area (Å²) in [6.45, 7) is 8.49. The highest BCUT2D eigenvalue weighted by atomic mass is 32.2. The smallest absolute Gasteiger partial charge is 0.229 e. The minimum atomic E-state index is -3.39. The van der Waals surface area contributed by atoms with Crippen molar-refractivity contribution in [2.45, 2.75) is 45.3 Å². The molecule has 2 atom stereocenters. The van der Waals surface area contributed by atoms with Crippen LogP contribution in [0, 0.1) is 6.92 Å². The Bertz CT molecular complexity index is 1550. The van der Waals surface area contributed by atoms with Crippen molar-refractivity contribution in [2.24, 2.45) is 0 Å². The van der Waals surface area contributed by atoms with Crippen molar-refractivity contribution >= 4 is 50.0 Å². The number of aromatic nitrogens is 1. The molecule has 3 aromatic rings. The molecule has 198 valence electrons. The van der Waals surface area contributed by atoms with Gasteiger partial charge in [0.15, 0.2) is 5.11 Å². The third kappa shape index (κ3) is 4.76. The van der Waals surface area contributed by atoms with Crippen LogP contribution in [0.25, 0.3) is 5.57 Å². The van der Waals surface area contributed by atoms with E-state index in [0.717, 1.165) is 28.8 Å². The van der Waals surface area contributed by atoms with E-state index in [1.165, 1.54) is 16.8 Å². The third-order valence-electron chi connectivity index (χ3n) is 7.46. The number of pyridine rings is 1. The number of thiocarbonyl (C=S) groups is 1. The summed E-state index contributed by atoms with van der Waals surface area (Å²) < 4.78 is 26.2. The molecule has 0 amide bonds. The normalized spacial score (nSPS) is 20.6. The summed E-state index contributed by atoms with van der Waals surface area (Å²) in [6, 6.07) is 17.9. The molecule has 0 radical (unpaired) electrons. The summed E-state index contributed by atoms with van der Waals surface area (Å²) in [7, 11) is -1.26. The van der Waals surface area contributed by atoms with Crippen LogP contribution < -0.4 is 19.8 Å². The number of sulfonamides is 1. The highest BCUT2D eigenvalue weighted by Crippen LogP contribution is 2.45. The van der Waals surface area contributed by atoms with Gasteiger partial charge < -0.3 is 15.1 Å². The SMILES string of the molecule is CC1=CC(C)(C)N(C)c2ccc([C@H]3[C@H](c4ccccn4)NC(=S)N3c3ccc(NS(C)(=O)=O)c(C)c3)cc21. The Hall–Kier alpha value is -3.43. The van der Waals surface area contributed by atoms with Gasteiger partial charge in [-0.25, -0.2) is 8.42 Å². The maximum atomic E-state index is 11.8. The lowest BCUT2D eigenvalue weighted by molar-refractivity contribution is 0.566. The Kier molecular flexibility index (Phi) is 6.47. The lowest BCUT2D eigenvalue weighted by atomic mass is 9.86. The molecule has 1 saturated heterocycles. The van der Waals surface area contributed by atoms with Gasteiger partial charge in [-0.1, -0.05) is 18.2 Å². The van der Waals surface area contributed by atoms with Crippen molar-refractivity contribution in [3.8, 4) is 0 Å². The van der Waals surface area contributed by atoms with E-state index in [1.54, 1.807) is 12.3 Å².